The lowest BCUT2D eigenvalue weighted by Crippen LogP contribution is -2.41. The fourth-order valence-corrected chi connectivity index (χ4v) is 2.53. The molecule has 1 heterocycles. The SMILES string of the molecule is CCNC(=NCC(CC)N1CCCC1)NCCOCC.I. The van der Waals surface area contributed by atoms with Crippen LogP contribution in [0.15, 0.2) is 4.99 Å². The Morgan fingerprint density at radius 3 is 2.48 bits per heavy atom. The van der Waals surface area contributed by atoms with Crippen molar-refractivity contribution in [1.29, 1.82) is 0 Å². The van der Waals surface area contributed by atoms with Gasteiger partial charge in [-0.05, 0) is 46.2 Å². The van der Waals surface area contributed by atoms with Crippen molar-refractivity contribution in [2.45, 2.75) is 46.1 Å². The smallest absolute Gasteiger partial charge is 0.191 e. The van der Waals surface area contributed by atoms with Crippen LogP contribution in [0.25, 0.3) is 0 Å². The van der Waals surface area contributed by atoms with Crippen molar-refractivity contribution in [2.24, 2.45) is 4.99 Å². The fraction of sp³-hybridized carbons (Fsp3) is 0.933. The molecule has 1 atom stereocenters. The van der Waals surface area contributed by atoms with E-state index < -0.39 is 0 Å². The molecule has 1 aliphatic rings. The van der Waals surface area contributed by atoms with Crippen molar-refractivity contribution < 1.29 is 4.74 Å². The summed E-state index contributed by atoms with van der Waals surface area (Å²) in [6, 6.07) is 0.583. The van der Waals surface area contributed by atoms with Crippen LogP contribution in [0.5, 0.6) is 0 Å². The van der Waals surface area contributed by atoms with Crippen LogP contribution < -0.4 is 10.6 Å². The second kappa shape index (κ2) is 13.6. The standard InChI is InChI=1S/C15H32N4O.HI/c1-4-14(19-10-7-8-11-19)13-18-15(16-5-2)17-9-12-20-6-3;/h14H,4-13H2,1-3H3,(H2,16,17,18);1H. The Morgan fingerprint density at radius 2 is 1.90 bits per heavy atom. The van der Waals surface area contributed by atoms with Crippen LogP contribution in [0, 0.1) is 0 Å². The number of likely N-dealkylation sites (tertiary alicyclic amines) is 1. The predicted molar refractivity (Wildman–Crippen MR) is 101 cm³/mol. The van der Waals surface area contributed by atoms with Crippen molar-refractivity contribution >= 4 is 29.9 Å². The molecule has 0 saturated carbocycles. The number of hydrogen-bond donors (Lipinski definition) is 2. The second-order valence-corrected chi connectivity index (χ2v) is 5.15. The summed E-state index contributed by atoms with van der Waals surface area (Å²) < 4.78 is 5.34. The van der Waals surface area contributed by atoms with Crippen molar-refractivity contribution in [3.8, 4) is 0 Å². The van der Waals surface area contributed by atoms with E-state index in [1.165, 1.54) is 32.4 Å². The molecule has 0 amide bonds. The van der Waals surface area contributed by atoms with Crippen LogP contribution >= 0.6 is 24.0 Å². The van der Waals surface area contributed by atoms with Gasteiger partial charge in [-0.25, -0.2) is 0 Å². The first kappa shape index (κ1) is 20.9. The predicted octanol–water partition coefficient (Wildman–Crippen LogP) is 2.07. The molecule has 1 unspecified atom stereocenters. The van der Waals surface area contributed by atoms with E-state index in [4.69, 9.17) is 9.73 Å². The minimum absolute atomic E-state index is 0. The lowest BCUT2D eigenvalue weighted by atomic mass is 10.2. The maximum absolute atomic E-state index is 5.34. The largest absolute Gasteiger partial charge is 0.380 e. The molecular weight excluding hydrogens is 379 g/mol. The third-order valence-corrected chi connectivity index (χ3v) is 3.68. The van der Waals surface area contributed by atoms with Crippen molar-refractivity contribution in [2.75, 3.05) is 45.9 Å². The zero-order valence-electron chi connectivity index (χ0n) is 13.9. The van der Waals surface area contributed by atoms with E-state index in [0.717, 1.165) is 38.8 Å². The van der Waals surface area contributed by atoms with Gasteiger partial charge in [-0.15, -0.1) is 24.0 Å². The van der Waals surface area contributed by atoms with Crippen molar-refractivity contribution in [3.05, 3.63) is 0 Å². The average molecular weight is 412 g/mol. The molecular formula is C15H33IN4O. The fourth-order valence-electron chi connectivity index (χ4n) is 2.53. The molecule has 0 aliphatic carbocycles. The van der Waals surface area contributed by atoms with E-state index in [-0.39, 0.29) is 24.0 Å². The molecule has 0 aromatic heterocycles. The molecule has 1 rings (SSSR count). The Balaban J connectivity index is 0.00000400. The number of hydrogen-bond acceptors (Lipinski definition) is 3. The Morgan fingerprint density at radius 1 is 1.19 bits per heavy atom. The van der Waals surface area contributed by atoms with Crippen LogP contribution in [-0.4, -0.2) is 62.8 Å². The van der Waals surface area contributed by atoms with Gasteiger partial charge in [0.05, 0.1) is 13.2 Å². The average Bonchev–Trinajstić information content (AvgIpc) is 2.98. The van der Waals surface area contributed by atoms with Crippen LogP contribution in [0.4, 0.5) is 0 Å². The third kappa shape index (κ3) is 8.83. The maximum atomic E-state index is 5.34. The van der Waals surface area contributed by atoms with Gasteiger partial charge in [-0.3, -0.25) is 9.89 Å². The molecule has 0 bridgehead atoms. The van der Waals surface area contributed by atoms with Gasteiger partial charge in [0.15, 0.2) is 5.96 Å². The quantitative estimate of drug-likeness (QED) is 0.264. The summed E-state index contributed by atoms with van der Waals surface area (Å²) in [5.74, 6) is 0.907. The number of halogens is 1. The number of guanidine groups is 1. The van der Waals surface area contributed by atoms with Gasteiger partial charge in [0.1, 0.15) is 0 Å². The summed E-state index contributed by atoms with van der Waals surface area (Å²) in [7, 11) is 0. The molecule has 2 N–H and O–H groups in total. The van der Waals surface area contributed by atoms with Gasteiger partial charge < -0.3 is 15.4 Å². The number of aliphatic imine (C=N–C) groups is 1. The van der Waals surface area contributed by atoms with Gasteiger partial charge in [-0.1, -0.05) is 6.92 Å². The van der Waals surface area contributed by atoms with Crippen LogP contribution in [0.3, 0.4) is 0 Å². The Bertz CT molecular complexity index is 270. The molecule has 6 heteroatoms. The third-order valence-electron chi connectivity index (χ3n) is 3.68. The molecule has 0 spiro atoms. The van der Waals surface area contributed by atoms with E-state index in [1.54, 1.807) is 0 Å². The lowest BCUT2D eigenvalue weighted by Gasteiger charge is -2.25. The summed E-state index contributed by atoms with van der Waals surface area (Å²) >= 11 is 0. The highest BCUT2D eigenvalue weighted by atomic mass is 127. The molecule has 21 heavy (non-hydrogen) atoms. The highest BCUT2D eigenvalue weighted by molar-refractivity contribution is 14.0. The van der Waals surface area contributed by atoms with Gasteiger partial charge in [-0.2, -0.15) is 0 Å². The number of ether oxygens (including phenoxy) is 1. The lowest BCUT2D eigenvalue weighted by molar-refractivity contribution is 0.152. The number of nitrogens with zero attached hydrogens (tertiary/aromatic N) is 2. The summed E-state index contributed by atoms with van der Waals surface area (Å²) in [5.41, 5.74) is 0. The van der Waals surface area contributed by atoms with Crippen LogP contribution in [-0.2, 0) is 4.74 Å². The normalized spacial score (nSPS) is 17.4. The Kier molecular flexibility index (Phi) is 13.5. The van der Waals surface area contributed by atoms with E-state index in [2.05, 4.69) is 29.4 Å². The topological polar surface area (TPSA) is 48.9 Å². The zero-order chi connectivity index (χ0) is 14.6. The number of rotatable bonds is 9. The zero-order valence-corrected chi connectivity index (χ0v) is 16.2. The van der Waals surface area contributed by atoms with E-state index in [0.29, 0.717) is 6.04 Å². The van der Waals surface area contributed by atoms with E-state index in [1.807, 2.05) is 6.92 Å². The molecule has 1 fully saturated rings. The summed E-state index contributed by atoms with van der Waals surface area (Å²) in [4.78, 5) is 7.30. The Hall–Kier alpha value is -0.0800. The summed E-state index contributed by atoms with van der Waals surface area (Å²) in [6.45, 7) is 12.9. The monoisotopic (exact) mass is 412 g/mol. The highest BCUT2D eigenvalue weighted by Gasteiger charge is 2.19. The molecule has 5 nitrogen and oxygen atoms in total. The van der Waals surface area contributed by atoms with Gasteiger partial charge in [0.25, 0.3) is 0 Å². The van der Waals surface area contributed by atoms with Crippen molar-refractivity contribution in [1.82, 2.24) is 15.5 Å². The summed E-state index contributed by atoms with van der Waals surface area (Å²) in [5, 5.41) is 6.62. The minimum atomic E-state index is 0. The van der Waals surface area contributed by atoms with Gasteiger partial charge >= 0.3 is 0 Å². The van der Waals surface area contributed by atoms with E-state index >= 15 is 0 Å². The first-order valence-electron chi connectivity index (χ1n) is 8.15. The van der Waals surface area contributed by atoms with Gasteiger partial charge in [0.2, 0.25) is 0 Å². The molecule has 126 valence electrons. The summed E-state index contributed by atoms with van der Waals surface area (Å²) in [6.07, 6.45) is 3.85. The van der Waals surface area contributed by atoms with Crippen molar-refractivity contribution in [3.63, 3.8) is 0 Å². The minimum Gasteiger partial charge on any atom is -0.380 e. The first-order valence-corrected chi connectivity index (χ1v) is 8.15. The highest BCUT2D eigenvalue weighted by Crippen LogP contribution is 2.14. The Labute approximate surface area is 147 Å². The first-order chi connectivity index (χ1) is 9.81. The molecule has 1 aliphatic heterocycles. The van der Waals surface area contributed by atoms with E-state index in [9.17, 15) is 0 Å². The maximum Gasteiger partial charge on any atom is 0.191 e. The molecule has 0 radical (unpaired) electrons. The van der Waals surface area contributed by atoms with Crippen LogP contribution in [0.2, 0.25) is 0 Å². The second-order valence-electron chi connectivity index (χ2n) is 5.15. The van der Waals surface area contributed by atoms with Gasteiger partial charge in [0, 0.05) is 25.7 Å². The number of nitrogens with one attached hydrogen (secondary N) is 2. The molecule has 1 saturated heterocycles. The molecule has 0 aromatic carbocycles. The molecule has 0 aromatic rings. The van der Waals surface area contributed by atoms with Crippen LogP contribution in [0.1, 0.15) is 40.0 Å².